The molecule has 1 amide bonds. The molecule has 4 rings (SSSR count). The van der Waals surface area contributed by atoms with Gasteiger partial charge in [0.15, 0.2) is 0 Å². The number of hydrogen-bond acceptors (Lipinski definition) is 6. The van der Waals surface area contributed by atoms with Crippen molar-refractivity contribution in [1.82, 2.24) is 14.6 Å². The van der Waals surface area contributed by atoms with E-state index in [1.807, 2.05) is 12.3 Å². The molecule has 3 heterocycles. The van der Waals surface area contributed by atoms with Crippen molar-refractivity contribution in [3.63, 3.8) is 0 Å². The van der Waals surface area contributed by atoms with E-state index < -0.39 is 11.5 Å². The Balaban J connectivity index is 1.71. The lowest BCUT2D eigenvalue weighted by molar-refractivity contribution is 0.102. The van der Waals surface area contributed by atoms with E-state index in [2.05, 4.69) is 15.4 Å². The Labute approximate surface area is 133 Å². The number of carbonyl (C=O) groups is 1. The number of thiazole rings is 1. The quantitative estimate of drug-likeness (QED) is 0.572. The maximum absolute atomic E-state index is 12.3. The first kappa shape index (κ1) is 13.6. The molecule has 0 fully saturated rings. The molecule has 114 valence electrons. The van der Waals surface area contributed by atoms with Crippen molar-refractivity contribution in [2.24, 2.45) is 0 Å². The SMILES string of the molecule is Cc1csc2nc(NC(=O)c3cc4ccccc4oc3=O)nn12. The predicted molar refractivity (Wildman–Crippen MR) is 86.0 cm³/mol. The van der Waals surface area contributed by atoms with E-state index in [-0.39, 0.29) is 11.5 Å². The Morgan fingerprint density at radius 2 is 2.17 bits per heavy atom. The Hall–Kier alpha value is -3.00. The number of aryl methyl sites for hydroxylation is 1. The smallest absolute Gasteiger partial charge is 0.349 e. The Morgan fingerprint density at radius 1 is 1.35 bits per heavy atom. The highest BCUT2D eigenvalue weighted by Crippen LogP contribution is 2.16. The number of amides is 1. The fraction of sp³-hybridized carbons (Fsp3) is 0.0667. The highest BCUT2D eigenvalue weighted by Gasteiger charge is 2.16. The van der Waals surface area contributed by atoms with Gasteiger partial charge in [-0.2, -0.15) is 4.98 Å². The first-order valence-corrected chi connectivity index (χ1v) is 7.65. The average Bonchev–Trinajstić information content (AvgIpc) is 3.08. The number of benzene rings is 1. The lowest BCUT2D eigenvalue weighted by Crippen LogP contribution is -2.21. The van der Waals surface area contributed by atoms with Crippen LogP contribution in [0.25, 0.3) is 15.9 Å². The third kappa shape index (κ3) is 2.29. The van der Waals surface area contributed by atoms with Crippen LogP contribution in [0.5, 0.6) is 0 Å². The second-order valence-electron chi connectivity index (χ2n) is 4.95. The molecule has 0 unspecified atom stereocenters. The summed E-state index contributed by atoms with van der Waals surface area (Å²) in [6.45, 7) is 1.89. The summed E-state index contributed by atoms with van der Waals surface area (Å²) in [6.07, 6.45) is 0. The van der Waals surface area contributed by atoms with E-state index in [1.54, 1.807) is 28.8 Å². The molecule has 1 aromatic carbocycles. The van der Waals surface area contributed by atoms with Crippen molar-refractivity contribution < 1.29 is 9.21 Å². The minimum absolute atomic E-state index is 0.0847. The Bertz CT molecular complexity index is 1110. The highest BCUT2D eigenvalue weighted by molar-refractivity contribution is 7.15. The molecule has 0 aliphatic rings. The van der Waals surface area contributed by atoms with Crippen LogP contribution >= 0.6 is 11.3 Å². The summed E-state index contributed by atoms with van der Waals surface area (Å²) in [4.78, 5) is 29.1. The minimum atomic E-state index is -0.696. The van der Waals surface area contributed by atoms with Gasteiger partial charge in [-0.3, -0.25) is 10.1 Å². The van der Waals surface area contributed by atoms with Gasteiger partial charge in [0, 0.05) is 10.8 Å². The second kappa shape index (κ2) is 5.03. The van der Waals surface area contributed by atoms with Crippen LogP contribution < -0.4 is 10.9 Å². The number of hydrogen-bond donors (Lipinski definition) is 1. The highest BCUT2D eigenvalue weighted by atomic mass is 32.1. The van der Waals surface area contributed by atoms with Crippen molar-refractivity contribution in [3.8, 4) is 0 Å². The Kier molecular flexibility index (Phi) is 2.98. The van der Waals surface area contributed by atoms with Gasteiger partial charge < -0.3 is 4.42 Å². The van der Waals surface area contributed by atoms with E-state index in [9.17, 15) is 9.59 Å². The molecule has 0 bridgehead atoms. The van der Waals surface area contributed by atoms with E-state index >= 15 is 0 Å². The number of carbonyl (C=O) groups excluding carboxylic acids is 1. The molecule has 0 saturated heterocycles. The van der Waals surface area contributed by atoms with E-state index in [0.717, 1.165) is 5.69 Å². The van der Waals surface area contributed by atoms with Crippen LogP contribution in [0.3, 0.4) is 0 Å². The van der Waals surface area contributed by atoms with Crippen LogP contribution in [0.1, 0.15) is 16.1 Å². The van der Waals surface area contributed by atoms with Crippen molar-refractivity contribution in [1.29, 1.82) is 0 Å². The van der Waals surface area contributed by atoms with Gasteiger partial charge in [0.1, 0.15) is 11.1 Å². The van der Waals surface area contributed by atoms with E-state index in [4.69, 9.17) is 4.42 Å². The molecule has 7 nitrogen and oxygen atoms in total. The van der Waals surface area contributed by atoms with Crippen LogP contribution in [0.4, 0.5) is 5.95 Å². The first-order valence-electron chi connectivity index (χ1n) is 6.77. The third-order valence-electron chi connectivity index (χ3n) is 3.36. The van der Waals surface area contributed by atoms with Gasteiger partial charge in [0.2, 0.25) is 4.96 Å². The number of nitrogens with one attached hydrogen (secondary N) is 1. The van der Waals surface area contributed by atoms with Gasteiger partial charge in [-0.1, -0.05) is 18.2 Å². The number of nitrogens with zero attached hydrogens (tertiary/aromatic N) is 3. The van der Waals surface area contributed by atoms with Crippen molar-refractivity contribution in [3.05, 3.63) is 57.4 Å². The maximum atomic E-state index is 12.3. The van der Waals surface area contributed by atoms with Crippen LogP contribution in [0.15, 0.2) is 44.9 Å². The van der Waals surface area contributed by atoms with Crippen LogP contribution in [-0.2, 0) is 0 Å². The van der Waals surface area contributed by atoms with Crippen LogP contribution in [0, 0.1) is 6.92 Å². The summed E-state index contributed by atoms with van der Waals surface area (Å²) >= 11 is 1.42. The standard InChI is InChI=1S/C15H10N4O3S/c1-8-7-23-15-17-14(18-19(8)15)16-12(20)10-6-9-4-2-3-5-11(9)22-13(10)21/h2-7H,1H3,(H,16,18,20). The zero-order chi connectivity index (χ0) is 16.0. The molecular weight excluding hydrogens is 316 g/mol. The Morgan fingerprint density at radius 3 is 3.00 bits per heavy atom. The molecule has 0 radical (unpaired) electrons. The van der Waals surface area contributed by atoms with Crippen LogP contribution in [-0.4, -0.2) is 20.5 Å². The summed E-state index contributed by atoms with van der Waals surface area (Å²) in [6, 6.07) is 8.50. The summed E-state index contributed by atoms with van der Waals surface area (Å²) < 4.78 is 6.78. The summed E-state index contributed by atoms with van der Waals surface area (Å²) in [7, 11) is 0. The minimum Gasteiger partial charge on any atom is -0.422 e. The molecule has 1 N–H and O–H groups in total. The number of fused-ring (bicyclic) bond motifs is 2. The molecule has 23 heavy (non-hydrogen) atoms. The van der Waals surface area contributed by atoms with Crippen molar-refractivity contribution in [2.75, 3.05) is 5.32 Å². The zero-order valence-corrected chi connectivity index (χ0v) is 12.8. The molecule has 0 aliphatic heterocycles. The number of rotatable bonds is 2. The molecule has 0 saturated carbocycles. The van der Waals surface area contributed by atoms with Crippen molar-refractivity contribution >= 4 is 39.1 Å². The number of anilines is 1. The largest absolute Gasteiger partial charge is 0.422 e. The predicted octanol–water partition coefficient (Wildman–Crippen LogP) is 2.46. The monoisotopic (exact) mass is 326 g/mol. The molecule has 0 aliphatic carbocycles. The molecule has 0 atom stereocenters. The van der Waals surface area contributed by atoms with Crippen molar-refractivity contribution in [2.45, 2.75) is 6.92 Å². The summed E-state index contributed by atoms with van der Waals surface area (Å²) in [5.74, 6) is -0.446. The van der Waals surface area contributed by atoms with Gasteiger partial charge in [-0.15, -0.1) is 16.4 Å². The third-order valence-corrected chi connectivity index (χ3v) is 4.29. The van der Waals surface area contributed by atoms with Gasteiger partial charge in [0.05, 0.1) is 5.69 Å². The molecule has 8 heteroatoms. The number of aromatic nitrogens is 3. The second-order valence-corrected chi connectivity index (χ2v) is 5.78. The lowest BCUT2D eigenvalue weighted by atomic mass is 10.2. The van der Waals surface area contributed by atoms with E-state index in [1.165, 1.54) is 17.4 Å². The maximum Gasteiger partial charge on any atom is 0.349 e. The van der Waals surface area contributed by atoms with E-state index in [0.29, 0.717) is 15.9 Å². The average molecular weight is 326 g/mol. The topological polar surface area (TPSA) is 89.5 Å². The molecule has 0 spiro atoms. The fourth-order valence-corrected chi connectivity index (χ4v) is 3.03. The fourth-order valence-electron chi connectivity index (χ4n) is 2.23. The normalized spacial score (nSPS) is 11.2. The zero-order valence-electron chi connectivity index (χ0n) is 11.9. The lowest BCUT2D eigenvalue weighted by Gasteiger charge is -2.01. The first-order chi connectivity index (χ1) is 11.1. The molecule has 4 aromatic rings. The summed E-state index contributed by atoms with van der Waals surface area (Å²) in [5, 5.41) is 9.30. The van der Waals surface area contributed by atoms with Crippen LogP contribution in [0.2, 0.25) is 0 Å². The molecule has 3 aromatic heterocycles. The van der Waals surface area contributed by atoms with Gasteiger partial charge in [-0.05, 0) is 19.1 Å². The van der Waals surface area contributed by atoms with Gasteiger partial charge >= 0.3 is 5.63 Å². The summed E-state index contributed by atoms with van der Waals surface area (Å²) in [5.41, 5.74) is 0.575. The van der Waals surface area contributed by atoms with Gasteiger partial charge in [-0.25, -0.2) is 9.31 Å². The molecular formula is C15H10N4O3S. The van der Waals surface area contributed by atoms with Gasteiger partial charge in [0.25, 0.3) is 11.9 Å². The number of para-hydroxylation sites is 1.